The van der Waals surface area contributed by atoms with Crippen molar-refractivity contribution in [1.29, 1.82) is 0 Å². The maximum atomic E-state index is 12.2. The summed E-state index contributed by atoms with van der Waals surface area (Å²) in [4.78, 5) is 14.6. The molecule has 2 rings (SSSR count). The lowest BCUT2D eigenvalue weighted by Crippen LogP contribution is -2.52. The molecule has 2 saturated heterocycles. The van der Waals surface area contributed by atoms with E-state index >= 15 is 0 Å². The van der Waals surface area contributed by atoms with E-state index in [1.807, 2.05) is 0 Å². The van der Waals surface area contributed by atoms with E-state index in [1.165, 1.54) is 32.1 Å². The van der Waals surface area contributed by atoms with Gasteiger partial charge in [-0.1, -0.05) is 12.8 Å². The van der Waals surface area contributed by atoms with Crippen molar-refractivity contribution >= 4 is 5.91 Å². The monoisotopic (exact) mass is 253 g/mol. The van der Waals surface area contributed by atoms with Gasteiger partial charge in [0.2, 0.25) is 5.91 Å². The van der Waals surface area contributed by atoms with Crippen molar-refractivity contribution in [1.82, 2.24) is 15.5 Å². The molecule has 0 spiro atoms. The quantitative estimate of drug-likeness (QED) is 0.792. The van der Waals surface area contributed by atoms with E-state index in [9.17, 15) is 4.79 Å². The van der Waals surface area contributed by atoms with Crippen molar-refractivity contribution in [2.45, 2.75) is 57.5 Å². The van der Waals surface area contributed by atoms with Gasteiger partial charge in [-0.2, -0.15) is 0 Å². The SMILES string of the molecule is CC(C(=O)N[C@H]1CCCNC1)N1CCCCCC1. The zero-order valence-corrected chi connectivity index (χ0v) is 11.6. The topological polar surface area (TPSA) is 44.4 Å². The van der Waals surface area contributed by atoms with E-state index in [0.29, 0.717) is 6.04 Å². The molecular weight excluding hydrogens is 226 g/mol. The van der Waals surface area contributed by atoms with Crippen LogP contribution >= 0.6 is 0 Å². The Morgan fingerprint density at radius 1 is 1.22 bits per heavy atom. The van der Waals surface area contributed by atoms with Gasteiger partial charge in [0, 0.05) is 12.6 Å². The van der Waals surface area contributed by atoms with Crippen LogP contribution in [0.3, 0.4) is 0 Å². The Balaban J connectivity index is 1.79. The van der Waals surface area contributed by atoms with Crippen LogP contribution < -0.4 is 10.6 Å². The van der Waals surface area contributed by atoms with Gasteiger partial charge in [-0.25, -0.2) is 0 Å². The van der Waals surface area contributed by atoms with Crippen LogP contribution in [0.4, 0.5) is 0 Å². The van der Waals surface area contributed by atoms with Crippen LogP contribution in [-0.2, 0) is 4.79 Å². The third kappa shape index (κ3) is 3.95. The number of amides is 1. The Morgan fingerprint density at radius 3 is 2.56 bits per heavy atom. The number of carbonyl (C=O) groups excluding carboxylic acids is 1. The predicted octanol–water partition coefficient (Wildman–Crippen LogP) is 1.12. The maximum Gasteiger partial charge on any atom is 0.237 e. The summed E-state index contributed by atoms with van der Waals surface area (Å²) in [7, 11) is 0. The molecule has 0 aromatic rings. The molecule has 18 heavy (non-hydrogen) atoms. The molecule has 4 heteroatoms. The van der Waals surface area contributed by atoms with Gasteiger partial charge in [0.15, 0.2) is 0 Å². The minimum absolute atomic E-state index is 0.0324. The lowest BCUT2D eigenvalue weighted by atomic mass is 10.1. The molecule has 0 aromatic heterocycles. The summed E-state index contributed by atoms with van der Waals surface area (Å²) in [6.45, 7) is 6.23. The largest absolute Gasteiger partial charge is 0.351 e. The zero-order chi connectivity index (χ0) is 12.8. The van der Waals surface area contributed by atoms with E-state index in [1.54, 1.807) is 0 Å². The zero-order valence-electron chi connectivity index (χ0n) is 11.6. The highest BCUT2D eigenvalue weighted by atomic mass is 16.2. The molecule has 1 unspecified atom stereocenters. The van der Waals surface area contributed by atoms with E-state index in [-0.39, 0.29) is 11.9 Å². The Hall–Kier alpha value is -0.610. The smallest absolute Gasteiger partial charge is 0.237 e. The number of likely N-dealkylation sites (tertiary alicyclic amines) is 1. The van der Waals surface area contributed by atoms with Gasteiger partial charge in [-0.3, -0.25) is 9.69 Å². The number of hydrogen-bond donors (Lipinski definition) is 2. The van der Waals surface area contributed by atoms with Gasteiger partial charge in [0.05, 0.1) is 6.04 Å². The lowest BCUT2D eigenvalue weighted by molar-refractivity contribution is -0.126. The third-order valence-corrected chi connectivity index (χ3v) is 4.21. The molecule has 4 nitrogen and oxygen atoms in total. The molecular formula is C14H27N3O. The van der Waals surface area contributed by atoms with Gasteiger partial charge < -0.3 is 10.6 Å². The van der Waals surface area contributed by atoms with Crippen LogP contribution in [0.1, 0.15) is 45.4 Å². The molecule has 2 heterocycles. The first kappa shape index (κ1) is 13.8. The summed E-state index contributed by atoms with van der Waals surface area (Å²) in [6.07, 6.45) is 7.40. The highest BCUT2D eigenvalue weighted by Gasteiger charge is 2.24. The average Bonchev–Trinajstić information content (AvgIpc) is 2.68. The minimum atomic E-state index is 0.0324. The molecule has 2 aliphatic heterocycles. The fourth-order valence-corrected chi connectivity index (χ4v) is 2.95. The van der Waals surface area contributed by atoms with Gasteiger partial charge in [0.1, 0.15) is 0 Å². The van der Waals surface area contributed by atoms with Crippen molar-refractivity contribution in [3.8, 4) is 0 Å². The van der Waals surface area contributed by atoms with Crippen LogP contribution in [0.2, 0.25) is 0 Å². The fourth-order valence-electron chi connectivity index (χ4n) is 2.95. The predicted molar refractivity (Wildman–Crippen MR) is 73.5 cm³/mol. The molecule has 0 aliphatic carbocycles. The Morgan fingerprint density at radius 2 is 1.94 bits per heavy atom. The molecule has 0 saturated carbocycles. The summed E-state index contributed by atoms with van der Waals surface area (Å²) in [5.74, 6) is 0.214. The highest BCUT2D eigenvalue weighted by Crippen LogP contribution is 2.13. The van der Waals surface area contributed by atoms with E-state index in [4.69, 9.17) is 0 Å². The first-order valence-electron chi connectivity index (χ1n) is 7.52. The summed E-state index contributed by atoms with van der Waals surface area (Å²) in [5.41, 5.74) is 0. The first-order chi connectivity index (χ1) is 8.77. The molecule has 0 radical (unpaired) electrons. The van der Waals surface area contributed by atoms with Crippen LogP contribution in [0, 0.1) is 0 Å². The number of nitrogens with zero attached hydrogens (tertiary/aromatic N) is 1. The summed E-state index contributed by atoms with van der Waals surface area (Å²) < 4.78 is 0. The Labute approximate surface area is 110 Å². The molecule has 2 N–H and O–H groups in total. The number of carbonyl (C=O) groups is 1. The van der Waals surface area contributed by atoms with Crippen LogP contribution in [0.5, 0.6) is 0 Å². The second-order valence-electron chi connectivity index (χ2n) is 5.68. The molecule has 104 valence electrons. The number of rotatable bonds is 3. The van der Waals surface area contributed by atoms with Crippen molar-refractivity contribution < 1.29 is 4.79 Å². The number of nitrogens with one attached hydrogen (secondary N) is 2. The van der Waals surface area contributed by atoms with Crippen LogP contribution in [0.15, 0.2) is 0 Å². The van der Waals surface area contributed by atoms with Crippen molar-refractivity contribution in [3.63, 3.8) is 0 Å². The van der Waals surface area contributed by atoms with E-state index < -0.39 is 0 Å². The fraction of sp³-hybridized carbons (Fsp3) is 0.929. The summed E-state index contributed by atoms with van der Waals surface area (Å²) in [6, 6.07) is 0.366. The third-order valence-electron chi connectivity index (χ3n) is 4.21. The minimum Gasteiger partial charge on any atom is -0.351 e. The van der Waals surface area contributed by atoms with Crippen LogP contribution in [0.25, 0.3) is 0 Å². The number of piperidine rings is 1. The van der Waals surface area contributed by atoms with Gasteiger partial charge in [0.25, 0.3) is 0 Å². The molecule has 2 fully saturated rings. The number of hydrogen-bond acceptors (Lipinski definition) is 3. The van der Waals surface area contributed by atoms with Crippen molar-refractivity contribution in [2.24, 2.45) is 0 Å². The Kier molecular flexibility index (Phi) is 5.45. The van der Waals surface area contributed by atoms with E-state index in [0.717, 1.165) is 32.6 Å². The average molecular weight is 253 g/mol. The lowest BCUT2D eigenvalue weighted by Gasteiger charge is -2.30. The normalized spacial score (nSPS) is 28.4. The molecule has 0 aromatic carbocycles. The first-order valence-corrected chi connectivity index (χ1v) is 7.52. The maximum absolute atomic E-state index is 12.2. The second-order valence-corrected chi connectivity index (χ2v) is 5.68. The molecule has 2 atom stereocenters. The van der Waals surface area contributed by atoms with Crippen molar-refractivity contribution in [3.05, 3.63) is 0 Å². The highest BCUT2D eigenvalue weighted by molar-refractivity contribution is 5.81. The van der Waals surface area contributed by atoms with E-state index in [2.05, 4.69) is 22.5 Å². The van der Waals surface area contributed by atoms with Gasteiger partial charge in [-0.05, 0) is 52.2 Å². The molecule has 2 aliphatic rings. The summed E-state index contributed by atoms with van der Waals surface area (Å²) in [5, 5.41) is 6.53. The Bertz CT molecular complexity index is 256. The van der Waals surface area contributed by atoms with Crippen molar-refractivity contribution in [2.75, 3.05) is 26.2 Å². The summed E-state index contributed by atoms with van der Waals surface area (Å²) >= 11 is 0. The van der Waals surface area contributed by atoms with Gasteiger partial charge >= 0.3 is 0 Å². The molecule has 0 bridgehead atoms. The van der Waals surface area contributed by atoms with Gasteiger partial charge in [-0.15, -0.1) is 0 Å². The van der Waals surface area contributed by atoms with Crippen LogP contribution in [-0.4, -0.2) is 49.1 Å². The second kappa shape index (κ2) is 7.10. The standard InChI is InChI=1S/C14H27N3O/c1-12(17-9-4-2-3-5-10-17)14(18)16-13-7-6-8-15-11-13/h12-13,15H,2-11H2,1H3,(H,16,18)/t12?,13-/m0/s1. The molecule has 1 amide bonds.